The van der Waals surface area contributed by atoms with Crippen LogP contribution >= 0.6 is 0 Å². The van der Waals surface area contributed by atoms with Crippen LogP contribution in [0.1, 0.15) is 43.6 Å². The Morgan fingerprint density at radius 3 is 3.17 bits per heavy atom. The Labute approximate surface area is 140 Å². The lowest BCUT2D eigenvalue weighted by Crippen LogP contribution is -2.44. The summed E-state index contributed by atoms with van der Waals surface area (Å²) in [4.78, 5) is 22.9. The van der Waals surface area contributed by atoms with E-state index in [1.54, 1.807) is 6.20 Å². The molecule has 2 aromatic rings. The minimum Gasteiger partial charge on any atom is -0.478 e. The van der Waals surface area contributed by atoms with E-state index in [-0.39, 0.29) is 12.1 Å². The molecule has 0 saturated carbocycles. The molecule has 1 aliphatic rings. The first kappa shape index (κ1) is 16.2. The molecular weight excluding hydrogens is 308 g/mol. The molecule has 1 saturated heterocycles. The zero-order chi connectivity index (χ0) is 16.8. The molecule has 8 heteroatoms. The van der Waals surface area contributed by atoms with Gasteiger partial charge in [-0.2, -0.15) is 5.10 Å². The molecule has 1 unspecified atom stereocenters. The largest absolute Gasteiger partial charge is 0.478 e. The smallest absolute Gasteiger partial charge is 0.318 e. The molecule has 3 rings (SSSR count). The van der Waals surface area contributed by atoms with E-state index >= 15 is 0 Å². The second-order valence-electron chi connectivity index (χ2n) is 5.64. The number of nitrogens with one attached hydrogen (secondary N) is 2. The number of pyridine rings is 1. The number of aromatic amines is 1. The van der Waals surface area contributed by atoms with Crippen molar-refractivity contribution in [2.24, 2.45) is 0 Å². The zero-order valence-corrected chi connectivity index (χ0v) is 13.7. The van der Waals surface area contributed by atoms with Crippen molar-refractivity contribution in [2.75, 3.05) is 13.2 Å². The fraction of sp³-hybridized carbons (Fsp3) is 0.500. The van der Waals surface area contributed by atoms with Crippen molar-refractivity contribution in [3.05, 3.63) is 36.0 Å². The van der Waals surface area contributed by atoms with E-state index in [0.717, 1.165) is 30.7 Å². The zero-order valence-electron chi connectivity index (χ0n) is 13.7. The summed E-state index contributed by atoms with van der Waals surface area (Å²) in [6.45, 7) is 3.54. The Hall–Kier alpha value is -2.64. The molecule has 0 bridgehead atoms. The number of aromatic nitrogens is 4. The molecule has 2 amide bonds. The minimum absolute atomic E-state index is 0.0542. The van der Waals surface area contributed by atoms with Crippen LogP contribution in [-0.4, -0.2) is 44.2 Å². The van der Waals surface area contributed by atoms with Crippen molar-refractivity contribution < 1.29 is 9.53 Å². The van der Waals surface area contributed by atoms with Crippen molar-refractivity contribution in [3.8, 4) is 5.88 Å². The van der Waals surface area contributed by atoms with E-state index in [1.165, 1.54) is 6.33 Å². The van der Waals surface area contributed by atoms with Gasteiger partial charge in [-0.25, -0.2) is 14.8 Å². The number of urea groups is 1. The molecule has 0 radical (unpaired) electrons. The van der Waals surface area contributed by atoms with Gasteiger partial charge in [-0.3, -0.25) is 5.10 Å². The lowest BCUT2D eigenvalue weighted by atomic mass is 10.0. The Bertz CT molecular complexity index is 660. The van der Waals surface area contributed by atoms with Crippen LogP contribution in [0.2, 0.25) is 0 Å². The van der Waals surface area contributed by atoms with E-state index < -0.39 is 0 Å². The van der Waals surface area contributed by atoms with Crippen LogP contribution in [0.4, 0.5) is 4.79 Å². The van der Waals surface area contributed by atoms with E-state index in [2.05, 4.69) is 25.5 Å². The Kier molecular flexibility index (Phi) is 5.25. The summed E-state index contributed by atoms with van der Waals surface area (Å²) in [6.07, 6.45) is 6.12. The first-order valence-electron chi connectivity index (χ1n) is 8.26. The third-order valence-electron chi connectivity index (χ3n) is 4.07. The normalized spacial score (nSPS) is 17.5. The third-order valence-corrected chi connectivity index (χ3v) is 4.07. The van der Waals surface area contributed by atoms with Gasteiger partial charge in [0.1, 0.15) is 12.2 Å². The van der Waals surface area contributed by atoms with Crippen LogP contribution in [-0.2, 0) is 6.54 Å². The molecule has 128 valence electrons. The van der Waals surface area contributed by atoms with Gasteiger partial charge in [0.2, 0.25) is 5.88 Å². The van der Waals surface area contributed by atoms with E-state index in [0.29, 0.717) is 25.6 Å². The van der Waals surface area contributed by atoms with Gasteiger partial charge < -0.3 is 15.0 Å². The highest BCUT2D eigenvalue weighted by Crippen LogP contribution is 2.28. The number of H-pyrrole nitrogens is 1. The van der Waals surface area contributed by atoms with Crippen LogP contribution in [0.5, 0.6) is 5.88 Å². The first-order valence-corrected chi connectivity index (χ1v) is 8.26. The molecule has 0 spiro atoms. The maximum Gasteiger partial charge on any atom is 0.318 e. The van der Waals surface area contributed by atoms with Crippen LogP contribution in [0, 0.1) is 0 Å². The highest BCUT2D eigenvalue weighted by Gasteiger charge is 2.29. The minimum atomic E-state index is -0.109. The summed E-state index contributed by atoms with van der Waals surface area (Å²) < 4.78 is 5.50. The number of hydrogen-bond acceptors (Lipinski definition) is 5. The summed E-state index contributed by atoms with van der Waals surface area (Å²) in [5.41, 5.74) is 0.862. The van der Waals surface area contributed by atoms with Crippen molar-refractivity contribution in [2.45, 2.75) is 38.8 Å². The third kappa shape index (κ3) is 3.64. The summed E-state index contributed by atoms with van der Waals surface area (Å²) in [5.74, 6) is 1.30. The van der Waals surface area contributed by atoms with Gasteiger partial charge >= 0.3 is 6.03 Å². The topological polar surface area (TPSA) is 96.0 Å². The van der Waals surface area contributed by atoms with Crippen LogP contribution in [0.3, 0.4) is 0 Å². The Balaban J connectivity index is 1.65. The van der Waals surface area contributed by atoms with E-state index in [1.807, 2.05) is 24.0 Å². The number of likely N-dealkylation sites (tertiary alicyclic amines) is 1. The van der Waals surface area contributed by atoms with Gasteiger partial charge in [0.15, 0.2) is 0 Å². The molecular formula is C16H22N6O2. The molecule has 0 aromatic carbocycles. The number of rotatable bonds is 5. The lowest BCUT2D eigenvalue weighted by molar-refractivity contribution is 0.147. The SMILES string of the molecule is CCOc1ncccc1CNC(=O)N1CCCCC1c1ncn[nH]1. The highest BCUT2D eigenvalue weighted by atomic mass is 16.5. The summed E-state index contributed by atoms with van der Waals surface area (Å²) in [5, 5.41) is 9.74. The average Bonchev–Trinajstić information content (AvgIpc) is 3.15. The molecule has 8 nitrogen and oxygen atoms in total. The quantitative estimate of drug-likeness (QED) is 0.874. The van der Waals surface area contributed by atoms with Gasteiger partial charge in [0.25, 0.3) is 0 Å². The van der Waals surface area contributed by atoms with Crippen LogP contribution in [0.15, 0.2) is 24.7 Å². The van der Waals surface area contributed by atoms with Gasteiger partial charge in [0.05, 0.1) is 12.6 Å². The standard InChI is InChI=1S/C16H22N6O2/c1-2-24-15-12(6-5-8-17-15)10-18-16(23)22-9-4-3-7-13(22)14-19-11-20-21-14/h5-6,8,11,13H,2-4,7,9-10H2,1H3,(H,18,23)(H,19,20,21). The molecule has 2 aromatic heterocycles. The maximum absolute atomic E-state index is 12.6. The predicted octanol–water partition coefficient (Wildman–Crippen LogP) is 2.04. The average molecular weight is 330 g/mol. The molecule has 1 fully saturated rings. The molecule has 1 aliphatic heterocycles. The second kappa shape index (κ2) is 7.76. The number of hydrogen-bond donors (Lipinski definition) is 2. The Morgan fingerprint density at radius 2 is 2.38 bits per heavy atom. The Morgan fingerprint density at radius 1 is 1.46 bits per heavy atom. The highest BCUT2D eigenvalue weighted by molar-refractivity contribution is 5.74. The number of piperidine rings is 1. The number of carbonyl (C=O) groups is 1. The summed E-state index contributed by atoms with van der Waals surface area (Å²) >= 11 is 0. The van der Waals surface area contributed by atoms with Crippen LogP contribution in [0.25, 0.3) is 0 Å². The number of nitrogens with zero attached hydrogens (tertiary/aromatic N) is 4. The van der Waals surface area contributed by atoms with Crippen molar-refractivity contribution in [3.63, 3.8) is 0 Å². The van der Waals surface area contributed by atoms with Gasteiger partial charge in [0, 0.05) is 24.8 Å². The maximum atomic E-state index is 12.6. The van der Waals surface area contributed by atoms with Crippen molar-refractivity contribution in [1.29, 1.82) is 0 Å². The second-order valence-corrected chi connectivity index (χ2v) is 5.64. The summed E-state index contributed by atoms with van der Waals surface area (Å²) in [6, 6.07) is 3.58. The van der Waals surface area contributed by atoms with Crippen molar-refractivity contribution >= 4 is 6.03 Å². The molecule has 2 N–H and O–H groups in total. The predicted molar refractivity (Wildman–Crippen MR) is 87.3 cm³/mol. The fourth-order valence-corrected chi connectivity index (χ4v) is 2.93. The van der Waals surface area contributed by atoms with Gasteiger partial charge in [-0.15, -0.1) is 0 Å². The lowest BCUT2D eigenvalue weighted by Gasteiger charge is -2.34. The van der Waals surface area contributed by atoms with E-state index in [9.17, 15) is 4.79 Å². The van der Waals surface area contributed by atoms with E-state index in [4.69, 9.17) is 4.74 Å². The first-order chi connectivity index (χ1) is 11.8. The van der Waals surface area contributed by atoms with Crippen molar-refractivity contribution in [1.82, 2.24) is 30.4 Å². The molecule has 1 atom stereocenters. The molecule has 3 heterocycles. The number of amides is 2. The fourth-order valence-electron chi connectivity index (χ4n) is 2.93. The van der Waals surface area contributed by atoms with Crippen LogP contribution < -0.4 is 10.1 Å². The summed E-state index contributed by atoms with van der Waals surface area (Å²) in [7, 11) is 0. The molecule has 24 heavy (non-hydrogen) atoms. The van der Waals surface area contributed by atoms with Gasteiger partial charge in [-0.1, -0.05) is 6.07 Å². The monoisotopic (exact) mass is 330 g/mol. The number of carbonyl (C=O) groups excluding carboxylic acids is 1. The number of ether oxygens (including phenoxy) is 1. The molecule has 0 aliphatic carbocycles. The van der Waals surface area contributed by atoms with Gasteiger partial charge in [-0.05, 0) is 32.3 Å².